The molecule has 1 amide bonds. The molecule has 1 aromatic carbocycles. The van der Waals surface area contributed by atoms with Gasteiger partial charge in [0, 0.05) is 18.9 Å². The number of ether oxygens (including phenoxy) is 1. The first-order valence-electron chi connectivity index (χ1n) is 6.53. The molecule has 0 aliphatic carbocycles. The molecule has 106 valence electrons. The summed E-state index contributed by atoms with van der Waals surface area (Å²) in [5.74, 6) is 5.59. The van der Waals surface area contributed by atoms with Crippen molar-refractivity contribution >= 4 is 17.6 Å². The lowest BCUT2D eigenvalue weighted by Gasteiger charge is -2.08. The van der Waals surface area contributed by atoms with Crippen molar-refractivity contribution in [3.05, 3.63) is 29.3 Å². The second-order valence-electron chi connectivity index (χ2n) is 4.37. The summed E-state index contributed by atoms with van der Waals surface area (Å²) < 4.78 is 4.63. The number of carbonyl (C=O) groups excluding carboxylic acids is 2. The van der Waals surface area contributed by atoms with Crippen molar-refractivity contribution < 1.29 is 14.3 Å². The van der Waals surface area contributed by atoms with Crippen LogP contribution in [0.25, 0.3) is 0 Å². The summed E-state index contributed by atoms with van der Waals surface area (Å²) in [4.78, 5) is 22.5. The zero-order chi connectivity index (χ0) is 15.0. The Labute approximate surface area is 119 Å². The van der Waals surface area contributed by atoms with E-state index in [4.69, 9.17) is 0 Å². The highest BCUT2D eigenvalue weighted by atomic mass is 16.5. The molecule has 0 spiro atoms. The van der Waals surface area contributed by atoms with Gasteiger partial charge in [-0.15, -0.1) is 0 Å². The van der Waals surface area contributed by atoms with Crippen molar-refractivity contribution in [1.82, 2.24) is 0 Å². The monoisotopic (exact) mass is 273 g/mol. The van der Waals surface area contributed by atoms with E-state index < -0.39 is 0 Å². The Morgan fingerprint density at radius 1 is 1.35 bits per heavy atom. The van der Waals surface area contributed by atoms with Gasteiger partial charge < -0.3 is 10.1 Å². The summed E-state index contributed by atoms with van der Waals surface area (Å²) in [5, 5.41) is 2.74. The van der Waals surface area contributed by atoms with Gasteiger partial charge in [0.25, 0.3) is 0 Å². The summed E-state index contributed by atoms with van der Waals surface area (Å²) in [6, 6.07) is 5.39. The van der Waals surface area contributed by atoms with Crippen LogP contribution >= 0.6 is 0 Å². The highest BCUT2D eigenvalue weighted by molar-refractivity contribution is 5.90. The average Bonchev–Trinajstić information content (AvgIpc) is 2.40. The molecule has 4 heteroatoms. The van der Waals surface area contributed by atoms with Crippen LogP contribution in [-0.4, -0.2) is 19.0 Å². The minimum Gasteiger partial charge on any atom is -0.469 e. The number of rotatable bonds is 4. The van der Waals surface area contributed by atoms with Crippen LogP contribution < -0.4 is 5.32 Å². The molecule has 20 heavy (non-hydrogen) atoms. The fourth-order valence-corrected chi connectivity index (χ4v) is 1.62. The summed E-state index contributed by atoms with van der Waals surface area (Å²) in [6.45, 7) is 3.50. The molecule has 4 nitrogen and oxygen atoms in total. The molecule has 1 N–H and O–H groups in total. The Kier molecular flexibility index (Phi) is 6.31. The SMILES string of the molecule is CCCC#Cc1ccc(CC(=O)OC)cc1NC(C)=O. The first-order valence-corrected chi connectivity index (χ1v) is 6.53. The number of methoxy groups -OCH3 is 1. The van der Waals surface area contributed by atoms with Gasteiger partial charge in [-0.3, -0.25) is 9.59 Å². The van der Waals surface area contributed by atoms with E-state index in [1.54, 1.807) is 6.07 Å². The van der Waals surface area contributed by atoms with E-state index in [1.807, 2.05) is 12.1 Å². The van der Waals surface area contributed by atoms with Crippen molar-refractivity contribution in [2.24, 2.45) is 0 Å². The number of hydrogen-bond acceptors (Lipinski definition) is 3. The first kappa shape index (κ1) is 15.8. The topological polar surface area (TPSA) is 55.4 Å². The lowest BCUT2D eigenvalue weighted by Crippen LogP contribution is -2.09. The largest absolute Gasteiger partial charge is 0.469 e. The molecule has 0 saturated carbocycles. The average molecular weight is 273 g/mol. The van der Waals surface area contributed by atoms with Crippen molar-refractivity contribution in [2.75, 3.05) is 12.4 Å². The normalized spacial score (nSPS) is 9.35. The maximum absolute atomic E-state index is 11.3. The van der Waals surface area contributed by atoms with E-state index in [9.17, 15) is 9.59 Å². The number of benzene rings is 1. The lowest BCUT2D eigenvalue weighted by atomic mass is 10.1. The molecule has 0 unspecified atom stereocenters. The van der Waals surface area contributed by atoms with Crippen molar-refractivity contribution in [1.29, 1.82) is 0 Å². The van der Waals surface area contributed by atoms with Crippen LogP contribution in [0.3, 0.4) is 0 Å². The van der Waals surface area contributed by atoms with Gasteiger partial charge >= 0.3 is 5.97 Å². The smallest absolute Gasteiger partial charge is 0.309 e. The Morgan fingerprint density at radius 3 is 2.70 bits per heavy atom. The minimum absolute atomic E-state index is 0.168. The van der Waals surface area contributed by atoms with Gasteiger partial charge in [-0.1, -0.05) is 24.8 Å². The highest BCUT2D eigenvalue weighted by Gasteiger charge is 2.07. The second kappa shape index (κ2) is 8.00. The highest BCUT2D eigenvalue weighted by Crippen LogP contribution is 2.18. The van der Waals surface area contributed by atoms with Gasteiger partial charge in [0.05, 0.1) is 19.2 Å². The van der Waals surface area contributed by atoms with Crippen molar-refractivity contribution in [3.8, 4) is 11.8 Å². The van der Waals surface area contributed by atoms with Crippen LogP contribution in [0.15, 0.2) is 18.2 Å². The number of carbonyl (C=O) groups is 2. The number of unbranched alkanes of at least 4 members (excludes halogenated alkanes) is 1. The molecule has 0 radical (unpaired) electrons. The molecule has 0 aliphatic rings. The Bertz CT molecular complexity index is 553. The zero-order valence-electron chi connectivity index (χ0n) is 12.1. The van der Waals surface area contributed by atoms with Gasteiger partial charge in [-0.25, -0.2) is 0 Å². The Morgan fingerprint density at radius 2 is 2.10 bits per heavy atom. The van der Waals surface area contributed by atoms with Crippen LogP contribution in [-0.2, 0) is 20.7 Å². The molecule has 0 atom stereocenters. The Balaban J connectivity index is 3.03. The van der Waals surface area contributed by atoms with Crippen LogP contribution in [0.2, 0.25) is 0 Å². The van der Waals surface area contributed by atoms with E-state index in [0.29, 0.717) is 5.69 Å². The van der Waals surface area contributed by atoms with Crippen LogP contribution in [0, 0.1) is 11.8 Å². The molecule has 0 aliphatic heterocycles. The number of hydrogen-bond donors (Lipinski definition) is 1. The maximum Gasteiger partial charge on any atom is 0.309 e. The molecule has 0 heterocycles. The molecular weight excluding hydrogens is 254 g/mol. The van der Waals surface area contributed by atoms with Crippen molar-refractivity contribution in [2.45, 2.75) is 33.1 Å². The molecule has 1 rings (SSSR count). The minimum atomic E-state index is -0.316. The first-order chi connectivity index (χ1) is 9.56. The maximum atomic E-state index is 11.3. The standard InChI is InChI=1S/C16H19NO3/c1-4-5-6-7-14-9-8-13(11-16(19)20-3)10-15(14)17-12(2)18/h8-10H,4-5,11H2,1-3H3,(H,17,18). The second-order valence-corrected chi connectivity index (χ2v) is 4.37. The van der Waals surface area contributed by atoms with Crippen LogP contribution in [0.4, 0.5) is 5.69 Å². The van der Waals surface area contributed by atoms with Crippen LogP contribution in [0.1, 0.15) is 37.8 Å². The molecule has 0 saturated heterocycles. The van der Waals surface area contributed by atoms with Gasteiger partial charge in [-0.05, 0) is 24.1 Å². The summed E-state index contributed by atoms with van der Waals surface area (Å²) in [5.41, 5.74) is 2.16. The van der Waals surface area contributed by atoms with Crippen molar-refractivity contribution in [3.63, 3.8) is 0 Å². The third kappa shape index (κ3) is 5.15. The zero-order valence-corrected chi connectivity index (χ0v) is 12.1. The predicted molar refractivity (Wildman–Crippen MR) is 78.3 cm³/mol. The van der Waals surface area contributed by atoms with E-state index >= 15 is 0 Å². The Hall–Kier alpha value is -2.28. The van der Waals surface area contributed by atoms with Gasteiger partial charge in [0.1, 0.15) is 0 Å². The third-order valence-corrected chi connectivity index (χ3v) is 2.57. The molecule has 0 aromatic heterocycles. The number of nitrogens with one attached hydrogen (secondary N) is 1. The third-order valence-electron chi connectivity index (χ3n) is 2.57. The fraction of sp³-hybridized carbons (Fsp3) is 0.375. The summed E-state index contributed by atoms with van der Waals surface area (Å²) >= 11 is 0. The molecule has 0 fully saturated rings. The fourth-order valence-electron chi connectivity index (χ4n) is 1.62. The van der Waals surface area contributed by atoms with Gasteiger partial charge in [0.15, 0.2) is 0 Å². The van der Waals surface area contributed by atoms with Gasteiger partial charge in [0.2, 0.25) is 5.91 Å². The predicted octanol–water partition coefficient (Wildman–Crippen LogP) is 2.51. The number of esters is 1. The summed E-state index contributed by atoms with van der Waals surface area (Å²) in [6.07, 6.45) is 1.97. The van der Waals surface area contributed by atoms with E-state index in [1.165, 1.54) is 14.0 Å². The number of amides is 1. The van der Waals surface area contributed by atoms with Crippen LogP contribution in [0.5, 0.6) is 0 Å². The van der Waals surface area contributed by atoms with E-state index in [-0.39, 0.29) is 18.3 Å². The molecule has 0 bridgehead atoms. The van der Waals surface area contributed by atoms with E-state index in [0.717, 1.165) is 24.0 Å². The molecular formula is C16H19NO3. The summed E-state index contributed by atoms with van der Waals surface area (Å²) in [7, 11) is 1.35. The lowest BCUT2D eigenvalue weighted by molar-refractivity contribution is -0.139. The van der Waals surface area contributed by atoms with Gasteiger partial charge in [-0.2, -0.15) is 0 Å². The van der Waals surface area contributed by atoms with E-state index in [2.05, 4.69) is 28.8 Å². The number of anilines is 1. The quantitative estimate of drug-likeness (QED) is 0.677. The molecule has 1 aromatic rings.